The summed E-state index contributed by atoms with van der Waals surface area (Å²) in [6.45, 7) is 14.0. The van der Waals surface area contributed by atoms with Crippen LogP contribution in [0.3, 0.4) is 0 Å². The molecule has 0 radical (unpaired) electrons. The average molecular weight is 388 g/mol. The third-order valence-corrected chi connectivity index (χ3v) is 7.02. The van der Waals surface area contributed by atoms with Crippen LogP contribution in [0, 0.1) is 12.7 Å². The van der Waals surface area contributed by atoms with Crippen molar-refractivity contribution >= 4 is 19.7 Å². The van der Waals surface area contributed by atoms with Gasteiger partial charge in [0.2, 0.25) is 0 Å². The SMILES string of the molecule is CCC(C)(Pc1ccc(F)cc1C(C)=O)c1cc(C)cc(C(C)(C)C)c1O. The highest BCUT2D eigenvalue weighted by Crippen LogP contribution is 2.50. The van der Waals surface area contributed by atoms with Gasteiger partial charge in [-0.25, -0.2) is 4.39 Å². The van der Waals surface area contributed by atoms with Gasteiger partial charge in [0.15, 0.2) is 5.78 Å². The van der Waals surface area contributed by atoms with Gasteiger partial charge in [-0.1, -0.05) is 67.0 Å². The first-order valence-electron chi connectivity index (χ1n) is 9.32. The Hall–Kier alpha value is -1.73. The van der Waals surface area contributed by atoms with Crippen LogP contribution >= 0.6 is 8.58 Å². The summed E-state index contributed by atoms with van der Waals surface area (Å²) in [5, 5.41) is 11.6. The van der Waals surface area contributed by atoms with E-state index in [0.717, 1.165) is 28.4 Å². The largest absolute Gasteiger partial charge is 0.507 e. The predicted octanol–water partition coefficient (Wildman–Crippen LogP) is 5.97. The number of phenolic OH excluding ortho intramolecular Hbond substituents is 1. The Labute approximate surface area is 164 Å². The summed E-state index contributed by atoms with van der Waals surface area (Å²) in [7, 11) is 0.239. The molecule has 0 fully saturated rings. The summed E-state index contributed by atoms with van der Waals surface area (Å²) in [5.74, 6) is -0.212. The summed E-state index contributed by atoms with van der Waals surface area (Å²) >= 11 is 0. The molecule has 0 aliphatic heterocycles. The van der Waals surface area contributed by atoms with E-state index in [9.17, 15) is 14.3 Å². The molecule has 4 heteroatoms. The van der Waals surface area contributed by atoms with Crippen LogP contribution in [-0.4, -0.2) is 10.9 Å². The standard InChI is InChI=1S/C23H30FO2P/c1-8-23(7,27-20-10-9-16(24)13-17(20)15(3)25)19-12-14(2)11-18(21(19)26)22(4,5)6/h9-13,26-27H,8H2,1-7H3. The van der Waals surface area contributed by atoms with E-state index in [1.807, 2.05) is 19.1 Å². The van der Waals surface area contributed by atoms with E-state index in [1.54, 1.807) is 6.07 Å². The maximum Gasteiger partial charge on any atom is 0.160 e. The van der Waals surface area contributed by atoms with E-state index in [4.69, 9.17) is 0 Å². The third kappa shape index (κ3) is 4.58. The lowest BCUT2D eigenvalue weighted by Crippen LogP contribution is -2.23. The molecule has 0 bridgehead atoms. The van der Waals surface area contributed by atoms with Crippen LogP contribution in [0.25, 0.3) is 0 Å². The van der Waals surface area contributed by atoms with Crippen molar-refractivity contribution in [2.45, 2.75) is 65.5 Å². The Kier molecular flexibility index (Phi) is 6.16. The molecule has 2 atom stereocenters. The molecule has 0 aliphatic rings. The highest BCUT2D eigenvalue weighted by atomic mass is 31.1. The molecule has 2 aromatic carbocycles. The smallest absolute Gasteiger partial charge is 0.160 e. The van der Waals surface area contributed by atoms with Gasteiger partial charge in [0.05, 0.1) is 0 Å². The average Bonchev–Trinajstić information content (AvgIpc) is 2.56. The van der Waals surface area contributed by atoms with Crippen LogP contribution < -0.4 is 5.30 Å². The summed E-state index contributed by atoms with van der Waals surface area (Å²) in [5.41, 5.74) is 3.17. The second-order valence-corrected chi connectivity index (χ2v) is 10.4. The number of ketones is 1. The molecule has 2 unspecified atom stereocenters. The van der Waals surface area contributed by atoms with Crippen LogP contribution in [-0.2, 0) is 10.6 Å². The Morgan fingerprint density at radius 1 is 1.11 bits per heavy atom. The van der Waals surface area contributed by atoms with E-state index >= 15 is 0 Å². The highest BCUT2D eigenvalue weighted by molar-refractivity contribution is 7.48. The van der Waals surface area contributed by atoms with Gasteiger partial charge in [-0.2, -0.15) is 0 Å². The van der Waals surface area contributed by atoms with E-state index in [1.165, 1.54) is 19.1 Å². The fourth-order valence-electron chi connectivity index (χ4n) is 3.33. The normalized spacial score (nSPS) is 14.5. The Morgan fingerprint density at radius 2 is 1.70 bits per heavy atom. The van der Waals surface area contributed by atoms with Crippen molar-refractivity contribution in [3.8, 4) is 5.75 Å². The third-order valence-electron chi connectivity index (χ3n) is 5.14. The fraction of sp³-hybridized carbons (Fsp3) is 0.435. The molecular weight excluding hydrogens is 358 g/mol. The molecule has 0 amide bonds. The van der Waals surface area contributed by atoms with Crippen LogP contribution in [0.5, 0.6) is 5.75 Å². The lowest BCUT2D eigenvalue weighted by molar-refractivity contribution is 0.101. The number of hydrogen-bond acceptors (Lipinski definition) is 2. The van der Waals surface area contributed by atoms with Gasteiger partial charge in [-0.3, -0.25) is 4.79 Å². The van der Waals surface area contributed by atoms with Crippen LogP contribution in [0.1, 0.15) is 75.0 Å². The van der Waals surface area contributed by atoms with Gasteiger partial charge in [0, 0.05) is 16.3 Å². The lowest BCUT2D eigenvalue weighted by Gasteiger charge is -2.33. The first-order valence-corrected chi connectivity index (χ1v) is 10.3. The second-order valence-electron chi connectivity index (χ2n) is 8.52. The quantitative estimate of drug-likeness (QED) is 0.506. The maximum atomic E-state index is 13.7. The van der Waals surface area contributed by atoms with Crippen molar-refractivity contribution in [3.05, 3.63) is 58.4 Å². The lowest BCUT2D eigenvalue weighted by atomic mass is 9.82. The molecule has 0 saturated heterocycles. The zero-order valence-electron chi connectivity index (χ0n) is 17.3. The number of aryl methyl sites for hydroxylation is 1. The summed E-state index contributed by atoms with van der Waals surface area (Å²) in [4.78, 5) is 12.0. The zero-order valence-corrected chi connectivity index (χ0v) is 18.3. The minimum atomic E-state index is -0.402. The molecule has 0 spiro atoms. The van der Waals surface area contributed by atoms with E-state index < -0.39 is 5.82 Å². The highest BCUT2D eigenvalue weighted by Gasteiger charge is 2.32. The summed E-state index contributed by atoms with van der Waals surface area (Å²) in [6, 6.07) is 8.50. The Morgan fingerprint density at radius 3 is 2.22 bits per heavy atom. The van der Waals surface area contributed by atoms with E-state index in [0.29, 0.717) is 11.3 Å². The molecular formula is C23H30FO2P. The van der Waals surface area contributed by atoms with Crippen molar-refractivity contribution in [3.63, 3.8) is 0 Å². The number of phenols is 1. The predicted molar refractivity (Wildman–Crippen MR) is 114 cm³/mol. The van der Waals surface area contributed by atoms with Gasteiger partial charge in [-0.15, -0.1) is 0 Å². The Bertz CT molecular complexity index is 867. The van der Waals surface area contributed by atoms with Crippen LogP contribution in [0.15, 0.2) is 30.3 Å². The molecule has 27 heavy (non-hydrogen) atoms. The fourth-order valence-corrected chi connectivity index (χ4v) is 4.98. The van der Waals surface area contributed by atoms with Gasteiger partial charge < -0.3 is 5.11 Å². The van der Waals surface area contributed by atoms with Crippen molar-refractivity contribution in [2.75, 3.05) is 0 Å². The number of rotatable bonds is 5. The molecule has 2 nitrogen and oxygen atoms in total. The van der Waals surface area contributed by atoms with E-state index in [-0.39, 0.29) is 24.9 Å². The monoisotopic (exact) mass is 388 g/mol. The first kappa shape index (κ1) is 21.6. The van der Waals surface area contributed by atoms with Crippen LogP contribution in [0.4, 0.5) is 4.39 Å². The zero-order chi connectivity index (χ0) is 20.6. The Balaban J connectivity index is 2.63. The van der Waals surface area contributed by atoms with Gasteiger partial charge in [-0.05, 0) is 48.7 Å². The minimum Gasteiger partial charge on any atom is -0.507 e. The molecule has 2 rings (SSSR count). The molecule has 2 aromatic rings. The second kappa shape index (κ2) is 7.72. The first-order chi connectivity index (χ1) is 12.4. The van der Waals surface area contributed by atoms with Crippen molar-refractivity contribution in [1.29, 1.82) is 0 Å². The number of carbonyl (C=O) groups is 1. The molecule has 0 saturated carbocycles. The van der Waals surface area contributed by atoms with Crippen molar-refractivity contribution in [1.82, 2.24) is 0 Å². The molecule has 0 aliphatic carbocycles. The number of halogens is 1. The minimum absolute atomic E-state index is 0.140. The molecule has 146 valence electrons. The maximum absolute atomic E-state index is 13.7. The van der Waals surface area contributed by atoms with Crippen molar-refractivity contribution < 1.29 is 14.3 Å². The number of hydrogen-bond donors (Lipinski definition) is 1. The molecule has 0 heterocycles. The topological polar surface area (TPSA) is 37.3 Å². The van der Waals surface area contributed by atoms with Gasteiger partial charge in [0.25, 0.3) is 0 Å². The number of carbonyl (C=O) groups excluding carboxylic acids is 1. The van der Waals surface area contributed by atoms with E-state index in [2.05, 4.69) is 34.6 Å². The number of aromatic hydroxyl groups is 1. The molecule has 0 aromatic heterocycles. The van der Waals surface area contributed by atoms with Gasteiger partial charge >= 0.3 is 0 Å². The summed E-state index contributed by atoms with van der Waals surface area (Å²) in [6.07, 6.45) is 0.792. The van der Waals surface area contributed by atoms with Gasteiger partial charge in [0.1, 0.15) is 11.6 Å². The van der Waals surface area contributed by atoms with Crippen LogP contribution in [0.2, 0.25) is 0 Å². The summed E-state index contributed by atoms with van der Waals surface area (Å²) < 4.78 is 13.7. The number of benzene rings is 2. The van der Waals surface area contributed by atoms with Crippen molar-refractivity contribution in [2.24, 2.45) is 0 Å². The number of Topliss-reactive ketones (excluding diaryl/α,β-unsaturated/α-hetero) is 1. The molecule has 1 N–H and O–H groups in total.